The van der Waals surface area contributed by atoms with Gasteiger partial charge in [0, 0.05) is 21.5 Å². The summed E-state index contributed by atoms with van der Waals surface area (Å²) in [5.41, 5.74) is -0.00589. The highest BCUT2D eigenvalue weighted by Gasteiger charge is 2.40. The number of aromatic nitrogens is 2. The van der Waals surface area contributed by atoms with E-state index in [2.05, 4.69) is 4.85 Å². The monoisotopic (exact) mass is 673 g/mol. The van der Waals surface area contributed by atoms with Crippen LogP contribution in [0.3, 0.4) is 0 Å². The highest BCUT2D eigenvalue weighted by atomic mass is 19.4. The van der Waals surface area contributed by atoms with Crippen LogP contribution in [0.2, 0.25) is 0 Å². The molecule has 3 nitrogen and oxygen atoms in total. The Balaban J connectivity index is 1.66. The Bertz CT molecular complexity index is 2720. The fourth-order valence-corrected chi connectivity index (χ4v) is 7.46. The first-order chi connectivity index (χ1) is 23.9. The quantitative estimate of drug-likeness (QED) is 0.131. The van der Waals surface area contributed by atoms with Crippen molar-refractivity contribution < 1.29 is 26.3 Å². The van der Waals surface area contributed by atoms with Crippen molar-refractivity contribution in [1.29, 1.82) is 0 Å². The Kier molecular flexibility index (Phi) is 6.88. The molecule has 0 spiro atoms. The Morgan fingerprint density at radius 3 is 1.60 bits per heavy atom. The maximum Gasteiger partial charge on any atom is 0.418 e. The van der Waals surface area contributed by atoms with Crippen molar-refractivity contribution in [3.63, 3.8) is 0 Å². The Labute approximate surface area is 282 Å². The molecule has 2 heterocycles. The van der Waals surface area contributed by atoms with Crippen LogP contribution >= 0.6 is 0 Å². The summed E-state index contributed by atoms with van der Waals surface area (Å²) in [5.74, 6) is 0. The number of fused-ring (bicyclic) bond motifs is 6. The van der Waals surface area contributed by atoms with Crippen LogP contribution in [0.5, 0.6) is 0 Å². The minimum absolute atomic E-state index is 0.0173. The van der Waals surface area contributed by atoms with Gasteiger partial charge in [0.15, 0.2) is 5.69 Å². The molecule has 0 atom stereocenters. The summed E-state index contributed by atoms with van der Waals surface area (Å²) in [5, 5.41) is 3.09. The minimum Gasteiger partial charge on any atom is -0.307 e. The van der Waals surface area contributed by atoms with E-state index in [0.29, 0.717) is 22.1 Å². The van der Waals surface area contributed by atoms with Crippen LogP contribution in [0.1, 0.15) is 22.3 Å². The van der Waals surface area contributed by atoms with Gasteiger partial charge in [-0.05, 0) is 72.5 Å². The van der Waals surface area contributed by atoms with E-state index in [9.17, 15) is 13.2 Å². The van der Waals surface area contributed by atoms with E-state index in [1.54, 1.807) is 57.7 Å². The molecule has 0 saturated carbocycles. The average molecular weight is 674 g/mol. The van der Waals surface area contributed by atoms with Gasteiger partial charge in [-0.15, -0.1) is 0 Å². The molecule has 0 aliphatic rings. The lowest BCUT2D eigenvalue weighted by Crippen LogP contribution is -2.15. The van der Waals surface area contributed by atoms with Crippen LogP contribution in [0.4, 0.5) is 32.0 Å². The average Bonchev–Trinajstić information content (AvgIpc) is 3.61. The van der Waals surface area contributed by atoms with Gasteiger partial charge in [-0.2, -0.15) is 26.3 Å². The first-order valence-electron chi connectivity index (χ1n) is 15.7. The highest BCUT2D eigenvalue weighted by molar-refractivity contribution is 6.13. The van der Waals surface area contributed by atoms with E-state index in [1.165, 1.54) is 12.1 Å². The molecule has 0 saturated heterocycles. The third-order valence-electron chi connectivity index (χ3n) is 9.43. The van der Waals surface area contributed by atoms with Gasteiger partial charge in [-0.1, -0.05) is 78.9 Å². The molecule has 0 amide bonds. The van der Waals surface area contributed by atoms with Crippen molar-refractivity contribution in [3.8, 4) is 22.5 Å². The minimum atomic E-state index is -5.03. The fraction of sp³-hybridized carbons (Fsp3) is 0.0976. The van der Waals surface area contributed by atoms with Gasteiger partial charge < -0.3 is 9.13 Å². The fourth-order valence-electron chi connectivity index (χ4n) is 7.46. The molecule has 246 valence electrons. The number of para-hydroxylation sites is 2. The molecular formula is C41H25F6N3. The van der Waals surface area contributed by atoms with Gasteiger partial charge in [-0.25, -0.2) is 4.85 Å². The first-order valence-corrected chi connectivity index (χ1v) is 15.7. The molecule has 8 aromatic rings. The van der Waals surface area contributed by atoms with Gasteiger partial charge in [0.25, 0.3) is 0 Å². The summed E-state index contributed by atoms with van der Waals surface area (Å²) in [4.78, 5) is 3.34. The molecule has 0 fully saturated rings. The lowest BCUT2D eigenvalue weighted by Gasteiger charge is -2.24. The van der Waals surface area contributed by atoms with E-state index < -0.39 is 34.7 Å². The van der Waals surface area contributed by atoms with Crippen molar-refractivity contribution in [3.05, 3.63) is 149 Å². The number of benzene rings is 6. The van der Waals surface area contributed by atoms with Crippen molar-refractivity contribution in [2.75, 3.05) is 0 Å². The molecular weight excluding hydrogens is 648 g/mol. The predicted octanol–water partition coefficient (Wildman–Crippen LogP) is 12.8. The highest BCUT2D eigenvalue weighted by Crippen LogP contribution is 2.49. The maximum absolute atomic E-state index is 15.7. The second-order valence-electron chi connectivity index (χ2n) is 12.3. The van der Waals surface area contributed by atoms with Crippen molar-refractivity contribution in [1.82, 2.24) is 9.13 Å². The topological polar surface area (TPSA) is 14.2 Å². The number of alkyl halides is 6. The SMILES string of the molecule is [C-]#[N+]c1cccc(C(F)(F)F)c1-c1cc(-n2c3ccccc3c3c(C)cccc32)c(-n2c3ccccc3c3c(C)cccc32)c(C(F)(F)F)c1. The maximum atomic E-state index is 15.7. The largest absolute Gasteiger partial charge is 0.418 e. The van der Waals surface area contributed by atoms with Crippen LogP contribution in [0.25, 0.3) is 71.0 Å². The Hall–Kier alpha value is -6.01. The second kappa shape index (κ2) is 11.0. The van der Waals surface area contributed by atoms with Gasteiger partial charge in [0.05, 0.1) is 51.1 Å². The molecule has 50 heavy (non-hydrogen) atoms. The molecule has 8 rings (SSSR count). The van der Waals surface area contributed by atoms with Crippen LogP contribution in [0.15, 0.2) is 115 Å². The van der Waals surface area contributed by atoms with E-state index in [-0.39, 0.29) is 16.9 Å². The molecule has 6 aromatic carbocycles. The summed E-state index contributed by atoms with van der Waals surface area (Å²) in [7, 11) is 0. The number of hydrogen-bond donors (Lipinski definition) is 0. The lowest BCUT2D eigenvalue weighted by molar-refractivity contribution is -0.137. The molecule has 2 aromatic heterocycles. The van der Waals surface area contributed by atoms with Crippen molar-refractivity contribution >= 4 is 49.3 Å². The van der Waals surface area contributed by atoms with Gasteiger partial charge in [0.1, 0.15) is 0 Å². The summed E-state index contributed by atoms with van der Waals surface area (Å²) < 4.78 is 94.2. The van der Waals surface area contributed by atoms with Crippen LogP contribution in [0, 0.1) is 20.4 Å². The normalized spacial score (nSPS) is 12.4. The Morgan fingerprint density at radius 2 is 1.04 bits per heavy atom. The molecule has 0 N–H and O–H groups in total. The third kappa shape index (κ3) is 4.59. The standard InChI is InChI=1S/C41H25F6N3/c1-23-11-8-19-33-36(23)26-13-4-6-17-31(26)49(33)35-22-25(38-28(40(42,43)44)15-10-16-30(38)48-3)21-29(41(45,46)47)39(35)50-32-18-7-5-14-27(32)37-24(2)12-9-20-34(37)50/h4-22H,1-2H3. The van der Waals surface area contributed by atoms with Crippen LogP contribution in [-0.2, 0) is 12.4 Å². The van der Waals surface area contributed by atoms with E-state index in [1.807, 2.05) is 50.2 Å². The van der Waals surface area contributed by atoms with E-state index >= 15 is 13.2 Å². The van der Waals surface area contributed by atoms with E-state index in [0.717, 1.165) is 50.9 Å². The predicted molar refractivity (Wildman–Crippen MR) is 186 cm³/mol. The molecule has 0 unspecified atom stereocenters. The van der Waals surface area contributed by atoms with Gasteiger partial charge >= 0.3 is 12.4 Å². The zero-order valence-corrected chi connectivity index (χ0v) is 26.6. The second-order valence-corrected chi connectivity index (χ2v) is 12.3. The first kappa shape index (κ1) is 31.3. The van der Waals surface area contributed by atoms with E-state index in [4.69, 9.17) is 6.57 Å². The van der Waals surface area contributed by atoms with Crippen molar-refractivity contribution in [2.24, 2.45) is 0 Å². The molecule has 0 radical (unpaired) electrons. The number of halogens is 6. The molecule has 0 bridgehead atoms. The zero-order valence-electron chi connectivity index (χ0n) is 26.6. The summed E-state index contributed by atoms with van der Waals surface area (Å²) in [6.45, 7) is 11.5. The van der Waals surface area contributed by atoms with Crippen LogP contribution < -0.4 is 0 Å². The number of hydrogen-bond acceptors (Lipinski definition) is 0. The smallest absolute Gasteiger partial charge is 0.307 e. The summed E-state index contributed by atoms with van der Waals surface area (Å²) in [6.07, 6.45) is -9.97. The number of aryl methyl sites for hydroxylation is 2. The van der Waals surface area contributed by atoms with Gasteiger partial charge in [-0.3, -0.25) is 0 Å². The summed E-state index contributed by atoms with van der Waals surface area (Å²) in [6, 6.07) is 30.6. The van der Waals surface area contributed by atoms with Crippen LogP contribution in [-0.4, -0.2) is 9.13 Å². The number of rotatable bonds is 3. The molecule has 9 heteroatoms. The Morgan fingerprint density at radius 1 is 0.540 bits per heavy atom. The summed E-state index contributed by atoms with van der Waals surface area (Å²) >= 11 is 0. The third-order valence-corrected chi connectivity index (χ3v) is 9.43. The lowest BCUT2D eigenvalue weighted by atomic mass is 9.93. The molecule has 0 aliphatic carbocycles. The number of nitrogens with zero attached hydrogens (tertiary/aromatic N) is 3. The molecule has 0 aliphatic heterocycles. The van der Waals surface area contributed by atoms with Crippen molar-refractivity contribution in [2.45, 2.75) is 26.2 Å². The zero-order chi connectivity index (χ0) is 35.1. The van der Waals surface area contributed by atoms with Gasteiger partial charge in [0.2, 0.25) is 0 Å².